The molecule has 0 aliphatic carbocycles. The molecule has 0 aromatic heterocycles. The van der Waals surface area contributed by atoms with Crippen molar-refractivity contribution in [3.8, 4) is 5.75 Å². The molecule has 110 valence electrons. The van der Waals surface area contributed by atoms with Crippen molar-refractivity contribution in [1.82, 2.24) is 0 Å². The van der Waals surface area contributed by atoms with Gasteiger partial charge in [-0.1, -0.05) is 33.6 Å². The summed E-state index contributed by atoms with van der Waals surface area (Å²) in [5, 5.41) is 3.46. The third-order valence-electron chi connectivity index (χ3n) is 2.90. The predicted octanol–water partition coefficient (Wildman–Crippen LogP) is 4.82. The van der Waals surface area contributed by atoms with E-state index in [0.717, 1.165) is 15.7 Å². The second-order valence-electron chi connectivity index (χ2n) is 4.67. The molecule has 0 saturated carbocycles. The second-order valence-corrected chi connectivity index (χ2v) is 6.02. The van der Waals surface area contributed by atoms with E-state index in [1.807, 2.05) is 31.2 Å². The van der Waals surface area contributed by atoms with Crippen LogP contribution in [0.4, 0.5) is 5.69 Å². The summed E-state index contributed by atoms with van der Waals surface area (Å²) in [5.74, 6) is 0.443. The minimum atomic E-state index is -0.608. The van der Waals surface area contributed by atoms with E-state index in [1.54, 1.807) is 25.1 Å². The lowest BCUT2D eigenvalue weighted by molar-refractivity contribution is -0.122. The number of halogens is 2. The SMILES string of the molecule is Cc1cc(Cl)ccc1O[C@@H](C)C(=O)Nc1cccc(Br)c1. The van der Waals surface area contributed by atoms with Crippen LogP contribution in [0.1, 0.15) is 12.5 Å². The zero-order chi connectivity index (χ0) is 15.4. The van der Waals surface area contributed by atoms with Crippen molar-refractivity contribution in [3.63, 3.8) is 0 Å². The first kappa shape index (κ1) is 15.9. The average Bonchev–Trinajstić information content (AvgIpc) is 2.41. The van der Waals surface area contributed by atoms with Crippen molar-refractivity contribution in [2.45, 2.75) is 20.0 Å². The van der Waals surface area contributed by atoms with Gasteiger partial charge in [-0.3, -0.25) is 4.79 Å². The fourth-order valence-electron chi connectivity index (χ4n) is 1.80. The van der Waals surface area contributed by atoms with Crippen LogP contribution in [0.25, 0.3) is 0 Å². The number of amides is 1. The molecular formula is C16H15BrClNO2. The second kappa shape index (κ2) is 6.96. The molecule has 0 aliphatic rings. The van der Waals surface area contributed by atoms with Gasteiger partial charge >= 0.3 is 0 Å². The van der Waals surface area contributed by atoms with Gasteiger partial charge in [0.15, 0.2) is 6.10 Å². The highest BCUT2D eigenvalue weighted by Crippen LogP contribution is 2.23. The summed E-state index contributed by atoms with van der Waals surface area (Å²) < 4.78 is 6.59. The summed E-state index contributed by atoms with van der Waals surface area (Å²) in [5.41, 5.74) is 1.61. The van der Waals surface area contributed by atoms with Gasteiger partial charge in [0.1, 0.15) is 5.75 Å². The smallest absolute Gasteiger partial charge is 0.265 e. The number of hydrogen-bond acceptors (Lipinski definition) is 2. The van der Waals surface area contributed by atoms with Gasteiger partial charge in [-0.25, -0.2) is 0 Å². The molecule has 5 heteroatoms. The van der Waals surface area contributed by atoms with Crippen LogP contribution < -0.4 is 10.1 Å². The summed E-state index contributed by atoms with van der Waals surface area (Å²) >= 11 is 9.26. The lowest BCUT2D eigenvalue weighted by Gasteiger charge is -2.16. The van der Waals surface area contributed by atoms with Crippen LogP contribution in [0.5, 0.6) is 5.75 Å². The Morgan fingerprint density at radius 3 is 2.71 bits per heavy atom. The van der Waals surface area contributed by atoms with E-state index in [0.29, 0.717) is 10.8 Å². The van der Waals surface area contributed by atoms with Crippen molar-refractivity contribution >= 4 is 39.1 Å². The topological polar surface area (TPSA) is 38.3 Å². The number of hydrogen-bond donors (Lipinski definition) is 1. The first-order valence-electron chi connectivity index (χ1n) is 6.45. The van der Waals surface area contributed by atoms with Crippen molar-refractivity contribution < 1.29 is 9.53 Å². The van der Waals surface area contributed by atoms with E-state index >= 15 is 0 Å². The molecule has 21 heavy (non-hydrogen) atoms. The number of aryl methyl sites for hydroxylation is 1. The maximum absolute atomic E-state index is 12.1. The van der Waals surface area contributed by atoms with E-state index in [-0.39, 0.29) is 5.91 Å². The van der Waals surface area contributed by atoms with Gasteiger partial charge in [0.25, 0.3) is 5.91 Å². The summed E-state index contributed by atoms with van der Waals surface area (Å²) in [6.45, 7) is 3.60. The fourth-order valence-corrected chi connectivity index (χ4v) is 2.43. The van der Waals surface area contributed by atoms with E-state index < -0.39 is 6.10 Å². The van der Waals surface area contributed by atoms with E-state index in [1.165, 1.54) is 0 Å². The fraction of sp³-hybridized carbons (Fsp3) is 0.188. The van der Waals surface area contributed by atoms with Crippen molar-refractivity contribution in [2.75, 3.05) is 5.32 Å². The summed E-state index contributed by atoms with van der Waals surface area (Å²) in [7, 11) is 0. The number of benzene rings is 2. The Labute approximate surface area is 137 Å². The van der Waals surface area contributed by atoms with Crippen molar-refractivity contribution in [1.29, 1.82) is 0 Å². The molecule has 2 aromatic rings. The zero-order valence-electron chi connectivity index (χ0n) is 11.7. The van der Waals surface area contributed by atoms with Gasteiger partial charge in [0.2, 0.25) is 0 Å². The highest BCUT2D eigenvalue weighted by atomic mass is 79.9. The van der Waals surface area contributed by atoms with Crippen molar-refractivity contribution in [3.05, 3.63) is 57.5 Å². The lowest BCUT2D eigenvalue weighted by atomic mass is 10.2. The van der Waals surface area contributed by atoms with Crippen LogP contribution in [-0.2, 0) is 4.79 Å². The molecule has 0 heterocycles. The third-order valence-corrected chi connectivity index (χ3v) is 3.63. The summed E-state index contributed by atoms with van der Waals surface area (Å²) in [6.07, 6.45) is -0.608. The van der Waals surface area contributed by atoms with Gasteiger partial charge in [-0.15, -0.1) is 0 Å². The number of carbonyl (C=O) groups excluding carboxylic acids is 1. The van der Waals surface area contributed by atoms with Crippen LogP contribution in [0.3, 0.4) is 0 Å². The minimum absolute atomic E-state index is 0.206. The number of ether oxygens (including phenoxy) is 1. The summed E-state index contributed by atoms with van der Waals surface area (Å²) in [6, 6.07) is 12.7. The minimum Gasteiger partial charge on any atom is -0.481 e. The Hall–Kier alpha value is -1.52. The number of carbonyl (C=O) groups is 1. The van der Waals surface area contributed by atoms with Gasteiger partial charge in [0.05, 0.1) is 0 Å². The van der Waals surface area contributed by atoms with E-state index in [2.05, 4.69) is 21.2 Å². The van der Waals surface area contributed by atoms with Crippen LogP contribution >= 0.6 is 27.5 Å². The Bertz CT molecular complexity index is 660. The predicted molar refractivity (Wildman–Crippen MR) is 89.1 cm³/mol. The molecule has 0 fully saturated rings. The third kappa shape index (κ3) is 4.48. The molecule has 1 amide bonds. The average molecular weight is 369 g/mol. The molecule has 0 spiro atoms. The molecule has 1 N–H and O–H groups in total. The van der Waals surface area contributed by atoms with Crippen molar-refractivity contribution in [2.24, 2.45) is 0 Å². The quantitative estimate of drug-likeness (QED) is 0.840. The Morgan fingerprint density at radius 2 is 2.05 bits per heavy atom. The molecule has 3 nitrogen and oxygen atoms in total. The van der Waals surface area contributed by atoms with Crippen LogP contribution in [-0.4, -0.2) is 12.0 Å². The summed E-state index contributed by atoms with van der Waals surface area (Å²) in [4.78, 5) is 12.1. The highest BCUT2D eigenvalue weighted by molar-refractivity contribution is 9.10. The van der Waals surface area contributed by atoms with Gasteiger partial charge < -0.3 is 10.1 Å². The number of rotatable bonds is 4. The first-order chi connectivity index (χ1) is 9.95. The molecule has 0 bridgehead atoms. The highest BCUT2D eigenvalue weighted by Gasteiger charge is 2.16. The number of anilines is 1. The van der Waals surface area contributed by atoms with Crippen LogP contribution in [0, 0.1) is 6.92 Å². The maximum atomic E-state index is 12.1. The Morgan fingerprint density at radius 1 is 1.29 bits per heavy atom. The first-order valence-corrected chi connectivity index (χ1v) is 7.62. The van der Waals surface area contributed by atoms with Crippen LogP contribution in [0.15, 0.2) is 46.9 Å². The lowest BCUT2D eigenvalue weighted by Crippen LogP contribution is -2.30. The van der Waals surface area contributed by atoms with E-state index in [9.17, 15) is 4.79 Å². The van der Waals surface area contributed by atoms with Crippen LogP contribution in [0.2, 0.25) is 5.02 Å². The standard InChI is InChI=1S/C16H15BrClNO2/c1-10-8-13(18)6-7-15(10)21-11(2)16(20)19-14-5-3-4-12(17)9-14/h3-9,11H,1-2H3,(H,19,20)/t11-/m0/s1. The van der Waals surface area contributed by atoms with Gasteiger partial charge in [-0.2, -0.15) is 0 Å². The molecule has 0 unspecified atom stereocenters. The molecule has 2 rings (SSSR count). The van der Waals surface area contributed by atoms with Gasteiger partial charge in [-0.05, 0) is 55.8 Å². The molecule has 1 atom stereocenters. The maximum Gasteiger partial charge on any atom is 0.265 e. The zero-order valence-corrected chi connectivity index (χ0v) is 14.0. The largest absolute Gasteiger partial charge is 0.481 e. The van der Waals surface area contributed by atoms with Gasteiger partial charge in [0, 0.05) is 15.2 Å². The molecule has 0 saturated heterocycles. The Kier molecular flexibility index (Phi) is 5.26. The Balaban J connectivity index is 2.02. The monoisotopic (exact) mass is 367 g/mol. The molecule has 2 aromatic carbocycles. The van der Waals surface area contributed by atoms with E-state index in [4.69, 9.17) is 16.3 Å². The normalized spacial score (nSPS) is 11.8. The molecule has 0 radical (unpaired) electrons. The molecular weight excluding hydrogens is 354 g/mol. The molecule has 0 aliphatic heterocycles. The number of nitrogens with one attached hydrogen (secondary N) is 1.